The van der Waals surface area contributed by atoms with Gasteiger partial charge >= 0.3 is 6.18 Å². The maximum atomic E-state index is 12.4. The molecule has 1 unspecified atom stereocenters. The predicted octanol–water partition coefficient (Wildman–Crippen LogP) is 3.53. The minimum Gasteiger partial charge on any atom is -0.370 e. The third-order valence-corrected chi connectivity index (χ3v) is 3.79. The third kappa shape index (κ3) is 7.25. The van der Waals surface area contributed by atoms with Crippen molar-refractivity contribution in [2.75, 3.05) is 31.5 Å². The number of rotatable bonds is 4. The first kappa shape index (κ1) is 21.0. The highest BCUT2D eigenvalue weighted by molar-refractivity contribution is 14.0. The van der Waals surface area contributed by atoms with Crippen molar-refractivity contribution in [3.05, 3.63) is 29.3 Å². The van der Waals surface area contributed by atoms with Crippen LogP contribution in [0.3, 0.4) is 0 Å². The summed E-state index contributed by atoms with van der Waals surface area (Å²) in [6, 6.07) is 6.00. The molecule has 24 heavy (non-hydrogen) atoms. The van der Waals surface area contributed by atoms with Crippen molar-refractivity contribution in [1.82, 2.24) is 4.90 Å². The number of alkyl halides is 3. The zero-order valence-electron chi connectivity index (χ0n) is 13.9. The van der Waals surface area contributed by atoms with Crippen LogP contribution in [0.1, 0.15) is 17.5 Å². The molecule has 0 saturated carbocycles. The number of hydrogen-bond acceptors (Lipinski definition) is 2. The fourth-order valence-corrected chi connectivity index (χ4v) is 2.92. The number of likely N-dealkylation sites (tertiary alicyclic amines) is 1. The molecule has 1 aromatic rings. The van der Waals surface area contributed by atoms with Crippen LogP contribution in [0.5, 0.6) is 0 Å². The van der Waals surface area contributed by atoms with Crippen molar-refractivity contribution in [3.63, 3.8) is 0 Å². The molecule has 0 spiro atoms. The van der Waals surface area contributed by atoms with Crippen LogP contribution in [0.15, 0.2) is 23.2 Å². The lowest BCUT2D eigenvalue weighted by Crippen LogP contribution is -2.32. The van der Waals surface area contributed by atoms with E-state index in [-0.39, 0.29) is 29.9 Å². The Labute approximate surface area is 157 Å². The smallest absolute Gasteiger partial charge is 0.370 e. The average Bonchev–Trinajstić information content (AvgIpc) is 2.80. The molecular weight excluding hydrogens is 432 g/mol. The molecule has 1 atom stereocenters. The molecule has 0 aromatic heterocycles. The lowest BCUT2D eigenvalue weighted by atomic mass is 10.1. The summed E-state index contributed by atoms with van der Waals surface area (Å²) in [5.74, 6) is 0.418. The Hall–Kier alpha value is -1.03. The molecule has 1 heterocycles. The number of aliphatic imine (C=N–C) groups is 1. The van der Waals surface area contributed by atoms with Gasteiger partial charge in [0.2, 0.25) is 0 Å². The van der Waals surface area contributed by atoms with Crippen molar-refractivity contribution in [2.24, 2.45) is 16.6 Å². The fraction of sp³-hybridized carbons (Fsp3) is 0.562. The summed E-state index contributed by atoms with van der Waals surface area (Å²) in [6.45, 7) is 4.48. The summed E-state index contributed by atoms with van der Waals surface area (Å²) in [5.41, 5.74) is 8.98. The zero-order valence-corrected chi connectivity index (χ0v) is 16.2. The first-order valence-corrected chi connectivity index (χ1v) is 7.65. The number of aryl methyl sites for hydroxylation is 2. The van der Waals surface area contributed by atoms with E-state index in [4.69, 9.17) is 5.73 Å². The van der Waals surface area contributed by atoms with Gasteiger partial charge in [-0.15, -0.1) is 24.0 Å². The molecule has 1 aliphatic rings. The summed E-state index contributed by atoms with van der Waals surface area (Å²) in [7, 11) is 0. The van der Waals surface area contributed by atoms with E-state index in [1.165, 1.54) is 4.90 Å². The van der Waals surface area contributed by atoms with Crippen LogP contribution in [0, 0.1) is 19.8 Å². The molecule has 0 radical (unpaired) electrons. The van der Waals surface area contributed by atoms with Gasteiger partial charge < -0.3 is 11.1 Å². The monoisotopic (exact) mass is 456 g/mol. The molecule has 1 aliphatic heterocycles. The quantitative estimate of drug-likeness (QED) is 0.414. The van der Waals surface area contributed by atoms with Gasteiger partial charge in [-0.3, -0.25) is 9.89 Å². The van der Waals surface area contributed by atoms with E-state index >= 15 is 0 Å². The van der Waals surface area contributed by atoms with Crippen LogP contribution < -0.4 is 11.1 Å². The molecule has 0 aliphatic carbocycles. The largest absolute Gasteiger partial charge is 0.401 e. The van der Waals surface area contributed by atoms with Gasteiger partial charge in [-0.25, -0.2) is 0 Å². The Morgan fingerprint density at radius 2 is 1.92 bits per heavy atom. The van der Waals surface area contributed by atoms with Crippen LogP contribution >= 0.6 is 24.0 Å². The van der Waals surface area contributed by atoms with E-state index in [0.717, 1.165) is 23.2 Å². The van der Waals surface area contributed by atoms with Gasteiger partial charge in [0.05, 0.1) is 6.54 Å². The first-order chi connectivity index (χ1) is 10.7. The Morgan fingerprint density at radius 1 is 1.29 bits per heavy atom. The molecule has 136 valence electrons. The lowest BCUT2D eigenvalue weighted by Gasteiger charge is -2.17. The number of anilines is 1. The van der Waals surface area contributed by atoms with Crippen molar-refractivity contribution in [1.29, 1.82) is 0 Å². The van der Waals surface area contributed by atoms with Crippen molar-refractivity contribution in [3.8, 4) is 0 Å². The lowest BCUT2D eigenvalue weighted by molar-refractivity contribution is -0.143. The first-order valence-electron chi connectivity index (χ1n) is 7.65. The van der Waals surface area contributed by atoms with Crippen molar-refractivity contribution in [2.45, 2.75) is 26.4 Å². The van der Waals surface area contributed by atoms with Gasteiger partial charge in [-0.1, -0.05) is 6.07 Å². The normalized spacial score (nSPS) is 19.2. The van der Waals surface area contributed by atoms with Crippen molar-refractivity contribution < 1.29 is 13.2 Å². The minimum absolute atomic E-state index is 0. The summed E-state index contributed by atoms with van der Waals surface area (Å²) in [6.07, 6.45) is -3.42. The number of hydrogen-bond donors (Lipinski definition) is 2. The molecule has 3 N–H and O–H groups in total. The maximum absolute atomic E-state index is 12.4. The molecule has 2 rings (SSSR count). The summed E-state index contributed by atoms with van der Waals surface area (Å²) >= 11 is 0. The molecule has 0 amide bonds. The maximum Gasteiger partial charge on any atom is 0.401 e. The minimum atomic E-state index is -4.14. The number of guanidine groups is 1. The SMILES string of the molecule is Cc1cc(C)cc(NC(N)=NCC2CCN(CC(F)(F)F)C2)c1.I. The highest BCUT2D eigenvalue weighted by Gasteiger charge is 2.34. The number of benzene rings is 1. The van der Waals surface area contributed by atoms with Gasteiger partial charge in [0.25, 0.3) is 0 Å². The summed E-state index contributed by atoms with van der Waals surface area (Å²) in [4.78, 5) is 5.69. The predicted molar refractivity (Wildman–Crippen MR) is 102 cm³/mol. The second-order valence-corrected chi connectivity index (χ2v) is 6.23. The number of nitrogens with one attached hydrogen (secondary N) is 1. The van der Waals surface area contributed by atoms with Crippen LogP contribution in [0.2, 0.25) is 0 Å². The van der Waals surface area contributed by atoms with Crippen molar-refractivity contribution >= 4 is 35.6 Å². The molecule has 1 aromatic carbocycles. The topological polar surface area (TPSA) is 53.6 Å². The van der Waals surface area contributed by atoms with Crippen LogP contribution in [-0.4, -0.2) is 43.2 Å². The highest BCUT2D eigenvalue weighted by atomic mass is 127. The Kier molecular flexibility index (Phi) is 7.78. The Morgan fingerprint density at radius 3 is 2.50 bits per heavy atom. The van der Waals surface area contributed by atoms with E-state index in [1.807, 2.05) is 26.0 Å². The molecule has 8 heteroatoms. The number of nitrogens with zero attached hydrogens (tertiary/aromatic N) is 2. The molecule has 1 saturated heterocycles. The van der Waals surface area contributed by atoms with E-state index in [9.17, 15) is 13.2 Å². The molecule has 1 fully saturated rings. The van der Waals surface area contributed by atoms with Crippen LogP contribution in [0.4, 0.5) is 18.9 Å². The van der Waals surface area contributed by atoms with Gasteiger partial charge in [0.1, 0.15) is 0 Å². The second kappa shape index (κ2) is 8.89. The van der Waals surface area contributed by atoms with Crippen LogP contribution in [-0.2, 0) is 0 Å². The van der Waals surface area contributed by atoms with E-state index in [2.05, 4.69) is 16.4 Å². The van der Waals surface area contributed by atoms with Gasteiger partial charge in [-0.2, -0.15) is 13.2 Å². The second-order valence-electron chi connectivity index (χ2n) is 6.23. The number of nitrogens with two attached hydrogens (primary N) is 1. The van der Waals surface area contributed by atoms with E-state index in [1.54, 1.807) is 0 Å². The van der Waals surface area contributed by atoms with Gasteiger partial charge in [-0.05, 0) is 56.0 Å². The number of halogens is 4. The van der Waals surface area contributed by atoms with Crippen LogP contribution in [0.25, 0.3) is 0 Å². The fourth-order valence-electron chi connectivity index (χ4n) is 2.92. The third-order valence-electron chi connectivity index (χ3n) is 3.79. The molecular formula is C16H24F3IN4. The summed E-state index contributed by atoms with van der Waals surface area (Å²) < 4.78 is 37.1. The van der Waals surface area contributed by atoms with E-state index < -0.39 is 12.7 Å². The summed E-state index contributed by atoms with van der Waals surface area (Å²) in [5, 5.41) is 3.03. The molecule has 4 nitrogen and oxygen atoms in total. The average molecular weight is 456 g/mol. The Bertz CT molecular complexity index is 555. The Balaban J connectivity index is 0.00000288. The van der Waals surface area contributed by atoms with Gasteiger partial charge in [0.15, 0.2) is 5.96 Å². The van der Waals surface area contributed by atoms with E-state index in [0.29, 0.717) is 25.6 Å². The van der Waals surface area contributed by atoms with Gasteiger partial charge in [0, 0.05) is 18.8 Å². The highest BCUT2D eigenvalue weighted by Crippen LogP contribution is 2.23. The zero-order chi connectivity index (χ0) is 17.0. The molecule has 0 bridgehead atoms. The standard InChI is InChI=1S/C16H23F3N4.HI/c1-11-5-12(2)7-14(6-11)22-15(20)21-8-13-3-4-23(9-13)10-16(17,18)19;/h5-7,13H,3-4,8-10H2,1-2H3,(H3,20,21,22);1H.